The van der Waals surface area contributed by atoms with E-state index in [1.807, 2.05) is 0 Å². The second-order valence-corrected chi connectivity index (χ2v) is 6.24. The van der Waals surface area contributed by atoms with Gasteiger partial charge < -0.3 is 44.5 Å². The fourth-order valence-corrected chi connectivity index (χ4v) is 2.95. The van der Waals surface area contributed by atoms with Gasteiger partial charge in [0.2, 0.25) is 0 Å². The lowest BCUT2D eigenvalue weighted by molar-refractivity contribution is -0.332. The van der Waals surface area contributed by atoms with Crippen LogP contribution in [0.2, 0.25) is 0 Å². The maximum atomic E-state index is 11.1. The van der Waals surface area contributed by atoms with Crippen molar-refractivity contribution in [2.45, 2.75) is 68.6 Å². The maximum absolute atomic E-state index is 11.1. The number of azide groups is 1. The molecule has 13 heteroatoms. The van der Waals surface area contributed by atoms with Crippen LogP contribution in [0.15, 0.2) is 5.11 Å². The zero-order valence-electron chi connectivity index (χ0n) is 14.4. The molecule has 2 aliphatic heterocycles. The monoisotopic (exact) mass is 393 g/mol. The third-order valence-electron chi connectivity index (χ3n) is 4.31. The van der Waals surface area contributed by atoms with Crippen molar-refractivity contribution in [2.24, 2.45) is 5.11 Å². The molecule has 5 N–H and O–H groups in total. The van der Waals surface area contributed by atoms with Crippen molar-refractivity contribution in [3.63, 3.8) is 0 Å². The first-order valence-electron chi connectivity index (χ1n) is 8.25. The lowest BCUT2D eigenvalue weighted by Gasteiger charge is -2.44. The van der Waals surface area contributed by atoms with Crippen LogP contribution in [0.3, 0.4) is 0 Å². The van der Waals surface area contributed by atoms with Gasteiger partial charge in [0.1, 0.15) is 37.1 Å². The summed E-state index contributed by atoms with van der Waals surface area (Å²) in [4.78, 5) is 13.8. The minimum Gasteiger partial charge on any atom is -0.463 e. The number of hydrogen-bond acceptors (Lipinski definition) is 11. The van der Waals surface area contributed by atoms with E-state index >= 15 is 0 Å². The molecule has 2 fully saturated rings. The molecule has 0 bridgehead atoms. The Bertz CT molecular complexity index is 557. The van der Waals surface area contributed by atoms with Crippen LogP contribution in [0.25, 0.3) is 10.4 Å². The molecular weight excluding hydrogens is 370 g/mol. The average molecular weight is 393 g/mol. The first kappa shape index (κ1) is 21.8. The standard InChI is InChI=1S/C14H23N3O10/c1-5(19)24-4-8-13(6(16-17-15)2-9(20)25-8)27-14-12(23)11(22)10(21)7(3-18)26-14/h6-14,18,20-23H,2-4H2,1H3/t6?,7-,8-,9?,10+,11+,12-,13+,14+/m1/s1. The number of rotatable bonds is 6. The Labute approximate surface area is 153 Å². The van der Waals surface area contributed by atoms with Crippen LogP contribution in [0.4, 0.5) is 0 Å². The summed E-state index contributed by atoms with van der Waals surface area (Å²) in [5.41, 5.74) is 8.75. The van der Waals surface area contributed by atoms with E-state index in [9.17, 15) is 30.3 Å². The molecule has 0 spiro atoms. The lowest BCUT2D eigenvalue weighted by atomic mass is 9.97. The van der Waals surface area contributed by atoms with Crippen LogP contribution in [0, 0.1) is 0 Å². The summed E-state index contributed by atoms with van der Waals surface area (Å²) < 4.78 is 21.0. The Morgan fingerprint density at radius 3 is 2.48 bits per heavy atom. The first-order valence-corrected chi connectivity index (χ1v) is 8.25. The molecule has 2 saturated heterocycles. The van der Waals surface area contributed by atoms with Crippen LogP contribution < -0.4 is 0 Å². The number of hydrogen-bond donors (Lipinski definition) is 5. The largest absolute Gasteiger partial charge is 0.463 e. The lowest BCUT2D eigenvalue weighted by Crippen LogP contribution is -2.62. The molecular formula is C14H23N3O10. The molecule has 0 saturated carbocycles. The highest BCUT2D eigenvalue weighted by Crippen LogP contribution is 2.30. The summed E-state index contributed by atoms with van der Waals surface area (Å²) in [5, 5.41) is 52.3. The second-order valence-electron chi connectivity index (χ2n) is 6.24. The minimum absolute atomic E-state index is 0.136. The molecule has 2 aliphatic rings. The van der Waals surface area contributed by atoms with Crippen LogP contribution in [0.1, 0.15) is 13.3 Å². The average Bonchev–Trinajstić information content (AvgIpc) is 2.62. The highest BCUT2D eigenvalue weighted by molar-refractivity contribution is 5.65. The number of ether oxygens (including phenoxy) is 4. The first-order chi connectivity index (χ1) is 12.8. The molecule has 2 rings (SSSR count). The number of nitrogens with zero attached hydrogens (tertiary/aromatic N) is 3. The van der Waals surface area contributed by atoms with Gasteiger partial charge in [-0.3, -0.25) is 4.79 Å². The van der Waals surface area contributed by atoms with E-state index in [1.165, 1.54) is 0 Å². The van der Waals surface area contributed by atoms with Gasteiger partial charge in [0, 0.05) is 18.3 Å². The van der Waals surface area contributed by atoms with Gasteiger partial charge in [0.25, 0.3) is 0 Å². The minimum atomic E-state index is -1.68. The summed E-state index contributed by atoms with van der Waals surface area (Å²) in [6, 6.07) is -0.966. The fourth-order valence-electron chi connectivity index (χ4n) is 2.95. The number of carbonyl (C=O) groups is 1. The number of aliphatic hydroxyl groups is 5. The van der Waals surface area contributed by atoms with Gasteiger partial charge in [-0.2, -0.15) is 0 Å². The van der Waals surface area contributed by atoms with Gasteiger partial charge in [-0.05, 0) is 5.53 Å². The van der Waals surface area contributed by atoms with E-state index in [4.69, 9.17) is 24.5 Å². The Morgan fingerprint density at radius 1 is 1.19 bits per heavy atom. The van der Waals surface area contributed by atoms with Crippen LogP contribution in [-0.2, 0) is 23.7 Å². The normalized spacial score (nSPS) is 42.2. The summed E-state index contributed by atoms with van der Waals surface area (Å²) in [5.74, 6) is -0.620. The molecule has 0 radical (unpaired) electrons. The quantitative estimate of drug-likeness (QED) is 0.139. The Kier molecular flexibility index (Phi) is 7.73. The Balaban J connectivity index is 2.20. The highest BCUT2D eigenvalue weighted by atomic mass is 16.7. The molecule has 0 aromatic heterocycles. The molecule has 154 valence electrons. The van der Waals surface area contributed by atoms with E-state index in [2.05, 4.69) is 10.0 Å². The fraction of sp³-hybridized carbons (Fsp3) is 0.929. The summed E-state index contributed by atoms with van der Waals surface area (Å²) >= 11 is 0. The van der Waals surface area contributed by atoms with E-state index in [1.54, 1.807) is 0 Å². The smallest absolute Gasteiger partial charge is 0.302 e. The van der Waals surface area contributed by atoms with Crippen molar-refractivity contribution >= 4 is 5.97 Å². The van der Waals surface area contributed by atoms with Gasteiger partial charge in [-0.25, -0.2) is 0 Å². The number of carbonyl (C=O) groups excluding carboxylic acids is 1. The molecule has 2 heterocycles. The SMILES string of the molecule is CC(=O)OC[C@H]1OC(O)CC(N=[N+]=[N-])[C@@H]1O[C@@H]1O[C@H](CO)[C@H](O)[C@H](O)[C@H]1O. The Hall–Kier alpha value is -1.54. The van der Waals surface area contributed by atoms with Crippen LogP contribution >= 0.6 is 0 Å². The summed E-state index contributed by atoms with van der Waals surface area (Å²) in [6.07, 6.45) is -11.3. The van der Waals surface area contributed by atoms with Gasteiger partial charge in [-0.15, -0.1) is 0 Å². The Morgan fingerprint density at radius 2 is 1.89 bits per heavy atom. The second kappa shape index (κ2) is 9.59. The molecule has 0 aromatic rings. The van der Waals surface area contributed by atoms with Crippen molar-refractivity contribution in [2.75, 3.05) is 13.2 Å². The number of esters is 1. The maximum Gasteiger partial charge on any atom is 0.302 e. The molecule has 0 amide bonds. The van der Waals surface area contributed by atoms with E-state index in [0.717, 1.165) is 6.92 Å². The van der Waals surface area contributed by atoms with E-state index < -0.39 is 67.8 Å². The predicted octanol–water partition coefficient (Wildman–Crippen LogP) is -2.48. The molecule has 27 heavy (non-hydrogen) atoms. The van der Waals surface area contributed by atoms with Crippen molar-refractivity contribution in [1.82, 2.24) is 0 Å². The van der Waals surface area contributed by atoms with Crippen LogP contribution in [-0.4, -0.2) is 100.0 Å². The molecule has 0 aromatic carbocycles. The third-order valence-corrected chi connectivity index (χ3v) is 4.31. The van der Waals surface area contributed by atoms with Gasteiger partial charge in [-0.1, -0.05) is 5.11 Å². The zero-order chi connectivity index (χ0) is 20.1. The topological polar surface area (TPSA) is 204 Å². The van der Waals surface area contributed by atoms with Gasteiger partial charge in [0.05, 0.1) is 18.8 Å². The van der Waals surface area contributed by atoms with Gasteiger partial charge >= 0.3 is 5.97 Å². The van der Waals surface area contributed by atoms with E-state index in [-0.39, 0.29) is 13.0 Å². The van der Waals surface area contributed by atoms with Gasteiger partial charge in [0.15, 0.2) is 12.6 Å². The highest BCUT2D eigenvalue weighted by Gasteiger charge is 2.48. The number of aliphatic hydroxyl groups excluding tert-OH is 5. The summed E-state index contributed by atoms with van der Waals surface area (Å²) in [6.45, 7) is 0.172. The van der Waals surface area contributed by atoms with Crippen LogP contribution in [0.5, 0.6) is 0 Å². The van der Waals surface area contributed by atoms with Crippen molar-refractivity contribution in [3.8, 4) is 0 Å². The van der Waals surface area contributed by atoms with Crippen molar-refractivity contribution in [1.29, 1.82) is 0 Å². The predicted molar refractivity (Wildman–Crippen MR) is 83.7 cm³/mol. The molecule has 13 nitrogen and oxygen atoms in total. The molecule has 2 unspecified atom stereocenters. The summed E-state index contributed by atoms with van der Waals surface area (Å²) in [7, 11) is 0. The zero-order valence-corrected chi connectivity index (χ0v) is 14.4. The van der Waals surface area contributed by atoms with Crippen molar-refractivity contribution < 1.29 is 49.3 Å². The van der Waals surface area contributed by atoms with Crippen molar-refractivity contribution in [3.05, 3.63) is 10.4 Å². The molecule has 9 atom stereocenters. The molecule has 0 aliphatic carbocycles. The van der Waals surface area contributed by atoms with E-state index in [0.29, 0.717) is 0 Å². The third kappa shape index (κ3) is 5.25.